The first-order valence-electron chi connectivity index (χ1n) is 27.4. The first kappa shape index (κ1) is 49.4. The van der Waals surface area contributed by atoms with Gasteiger partial charge in [-0.15, -0.1) is 0 Å². The average molecular weight is 1180 g/mol. The van der Waals surface area contributed by atoms with E-state index in [1.54, 1.807) is 0 Å². The number of fused-ring (bicyclic) bond motifs is 12. The molecule has 9 heteroatoms. The minimum absolute atomic E-state index is 0.236. The number of rotatable bonds is 12. The van der Waals surface area contributed by atoms with Gasteiger partial charge in [0, 0.05) is 0 Å². The van der Waals surface area contributed by atoms with Crippen LogP contribution in [0.2, 0.25) is 0 Å². The number of aryl methyl sites for hydroxylation is 1. The zero-order valence-electron chi connectivity index (χ0n) is 44.3. The van der Waals surface area contributed by atoms with Crippen LogP contribution in [0.3, 0.4) is 0 Å². The standard InChI is InChI=1S/C73H49IN7S/c75-70(49-27-10-3-11-28-49)76-69(74-44-43-47-23-6-1-7-24-47)52-41-42-61(58(46-52)73-78-71(50-29-12-4-13-30-50)77-72(79-73)53-32-22-31-51(45-53)48-25-8-2-9-26-48)81-60-39-20-17-36-56(60)64-67(81)63-55-35-16-19-38-59(55)80(54-33-14-5-15-34-54)66(63)65-57-37-18-21-40-62(57)82-68(64)65/h1-42,45-46,75H,43-44H2/q-1. The second kappa shape index (κ2) is 21.1. The molecule has 0 bridgehead atoms. The van der Waals surface area contributed by atoms with E-state index in [4.69, 9.17) is 19.9 Å². The number of thiophene rings is 1. The SMILES string of the molecule is N=C(N=C([I-]CCc1ccccc1)c1ccc(-n2c3ccccc3c3c4sc5ccccc5c4c4c(c5ccccc5n4-c4ccccc4)c32)c(-c2nc(-c3ccccc3)nc(-c3cccc(-c4ccccc4)c3)n2)c1)c1ccccc1. The number of nitrogens with zero attached hydrogens (tertiary/aromatic N) is 6. The van der Waals surface area contributed by atoms with Crippen molar-refractivity contribution < 1.29 is 21.2 Å². The Hall–Kier alpha value is -9.68. The van der Waals surface area contributed by atoms with Gasteiger partial charge >= 0.3 is 443 Å². The second-order valence-corrected chi connectivity index (χ2v) is 24.2. The van der Waals surface area contributed by atoms with Crippen molar-refractivity contribution in [2.75, 3.05) is 4.43 Å². The molecule has 0 unspecified atom stereocenters. The molecule has 0 spiro atoms. The first-order valence-corrected chi connectivity index (χ1v) is 30.9. The van der Waals surface area contributed by atoms with E-state index in [9.17, 15) is 5.41 Å². The summed E-state index contributed by atoms with van der Waals surface area (Å²) in [6.45, 7) is 0. The van der Waals surface area contributed by atoms with E-state index in [-0.39, 0.29) is 5.84 Å². The van der Waals surface area contributed by atoms with Gasteiger partial charge in [-0.2, -0.15) is 0 Å². The Morgan fingerprint density at radius 3 is 1.71 bits per heavy atom. The number of amidine groups is 1. The summed E-state index contributed by atoms with van der Waals surface area (Å²) in [5.41, 5.74) is 14.3. The Balaban J connectivity index is 1.06. The van der Waals surface area contributed by atoms with Crippen LogP contribution < -0.4 is 21.2 Å². The Kier molecular flexibility index (Phi) is 12.7. The van der Waals surface area contributed by atoms with E-state index in [0.29, 0.717) is 17.5 Å². The quantitative estimate of drug-likeness (QED) is 0.0572. The molecule has 4 aromatic heterocycles. The van der Waals surface area contributed by atoms with Gasteiger partial charge in [0.1, 0.15) is 0 Å². The molecule has 0 aliphatic heterocycles. The zero-order valence-corrected chi connectivity index (χ0v) is 47.3. The monoisotopic (exact) mass is 1180 g/mol. The molecule has 0 saturated carbocycles. The molecule has 7 nitrogen and oxygen atoms in total. The topological polar surface area (TPSA) is 84.7 Å². The van der Waals surface area contributed by atoms with Gasteiger partial charge in [0.2, 0.25) is 0 Å². The van der Waals surface area contributed by atoms with Crippen LogP contribution in [0.25, 0.3) is 120 Å². The summed E-state index contributed by atoms with van der Waals surface area (Å²) in [7, 11) is 0. The van der Waals surface area contributed by atoms with Gasteiger partial charge in [-0.1, -0.05) is 48.5 Å². The summed E-state index contributed by atoms with van der Waals surface area (Å²) < 4.78 is 9.31. The number of nitrogens with one attached hydrogen (secondary N) is 1. The number of hydrogen-bond donors (Lipinski definition) is 1. The summed E-state index contributed by atoms with van der Waals surface area (Å²) in [6, 6.07) is 93.9. The van der Waals surface area contributed by atoms with Crippen molar-refractivity contribution >= 4 is 84.7 Å². The van der Waals surface area contributed by atoms with Gasteiger partial charge in [0.25, 0.3) is 0 Å². The van der Waals surface area contributed by atoms with Crippen LogP contribution in [0.15, 0.2) is 272 Å². The molecule has 0 aliphatic carbocycles. The van der Waals surface area contributed by atoms with E-state index in [0.717, 1.165) is 92.2 Å². The molecule has 0 saturated heterocycles. The van der Waals surface area contributed by atoms with Crippen molar-refractivity contribution in [3.05, 3.63) is 284 Å². The van der Waals surface area contributed by atoms with Crippen LogP contribution in [-0.4, -0.2) is 38.1 Å². The fourth-order valence-corrected chi connectivity index (χ4v) is 15.5. The number of aromatic nitrogens is 5. The van der Waals surface area contributed by atoms with E-state index in [1.165, 1.54) is 42.0 Å². The Morgan fingerprint density at radius 2 is 0.976 bits per heavy atom. The molecule has 15 rings (SSSR count). The molecule has 0 aliphatic rings. The van der Waals surface area contributed by atoms with Gasteiger partial charge in [0.05, 0.1) is 0 Å². The van der Waals surface area contributed by atoms with Crippen molar-refractivity contribution in [1.29, 1.82) is 5.41 Å². The Morgan fingerprint density at radius 1 is 0.439 bits per heavy atom. The van der Waals surface area contributed by atoms with Crippen molar-refractivity contribution in [2.24, 2.45) is 4.99 Å². The van der Waals surface area contributed by atoms with Gasteiger partial charge in [-0.05, 0) is 0 Å². The predicted molar refractivity (Wildman–Crippen MR) is 338 cm³/mol. The maximum atomic E-state index is 9.49. The van der Waals surface area contributed by atoms with Crippen molar-refractivity contribution in [3.8, 4) is 56.7 Å². The van der Waals surface area contributed by atoms with Crippen LogP contribution in [0.5, 0.6) is 0 Å². The second-order valence-electron chi connectivity index (χ2n) is 20.3. The van der Waals surface area contributed by atoms with Crippen LogP contribution in [0.1, 0.15) is 16.7 Å². The molecule has 82 heavy (non-hydrogen) atoms. The molecular formula is C73H49IN7S-. The maximum absolute atomic E-state index is 9.49. The summed E-state index contributed by atoms with van der Waals surface area (Å²) in [6.07, 6.45) is 0.913. The van der Waals surface area contributed by atoms with Crippen molar-refractivity contribution in [1.82, 2.24) is 24.1 Å². The molecular weight excluding hydrogens is 1130 g/mol. The molecule has 11 aromatic carbocycles. The Labute approximate surface area is 488 Å². The summed E-state index contributed by atoms with van der Waals surface area (Å²) >= 11 is 1.14. The number of aliphatic imine (C=N–C) groups is 1. The van der Waals surface area contributed by atoms with Crippen LogP contribution in [0, 0.1) is 5.41 Å². The molecule has 0 radical (unpaired) electrons. The zero-order chi connectivity index (χ0) is 54.5. The number of hydrogen-bond acceptors (Lipinski definition) is 5. The van der Waals surface area contributed by atoms with Gasteiger partial charge in [0.15, 0.2) is 0 Å². The van der Waals surface area contributed by atoms with E-state index >= 15 is 0 Å². The van der Waals surface area contributed by atoms with Crippen LogP contribution >= 0.6 is 11.3 Å². The number of halogens is 1. The molecule has 0 atom stereocenters. The minimum atomic E-state index is -0.727. The predicted octanol–water partition coefficient (Wildman–Crippen LogP) is 15.2. The average Bonchev–Trinajstić information content (AvgIpc) is 2.05. The molecule has 0 amide bonds. The van der Waals surface area contributed by atoms with Gasteiger partial charge in [-0.3, -0.25) is 0 Å². The van der Waals surface area contributed by atoms with Gasteiger partial charge < -0.3 is 0 Å². The third-order valence-corrected chi connectivity index (χ3v) is 19.2. The molecule has 4 heterocycles. The molecule has 1 N–H and O–H groups in total. The van der Waals surface area contributed by atoms with E-state index < -0.39 is 21.2 Å². The first-order chi connectivity index (χ1) is 40.6. The van der Waals surface area contributed by atoms with Crippen molar-refractivity contribution in [2.45, 2.75) is 6.42 Å². The van der Waals surface area contributed by atoms with Crippen LogP contribution in [0.4, 0.5) is 0 Å². The Bertz CT molecular complexity index is 4960. The third kappa shape index (κ3) is 8.77. The fraction of sp³-hybridized carbons (Fsp3) is 0.0274. The molecule has 390 valence electrons. The van der Waals surface area contributed by atoms with Crippen LogP contribution in [-0.2, 0) is 6.42 Å². The number of alkyl halides is 1. The summed E-state index contributed by atoms with van der Waals surface area (Å²) in [5, 5.41) is 16.7. The van der Waals surface area contributed by atoms with E-state index in [1.807, 2.05) is 65.9 Å². The number of benzene rings is 11. The normalized spacial score (nSPS) is 12.0. The van der Waals surface area contributed by atoms with E-state index in [2.05, 4.69) is 221 Å². The summed E-state index contributed by atoms with van der Waals surface area (Å²) in [4.78, 5) is 21.7. The van der Waals surface area contributed by atoms with Crippen molar-refractivity contribution in [3.63, 3.8) is 0 Å². The molecule has 0 fully saturated rings. The summed E-state index contributed by atoms with van der Waals surface area (Å²) in [5.74, 6) is 1.90. The fourth-order valence-electron chi connectivity index (χ4n) is 11.6. The molecule has 15 aromatic rings. The third-order valence-electron chi connectivity index (χ3n) is 15.4. The number of para-hydroxylation sites is 3. The van der Waals surface area contributed by atoms with Gasteiger partial charge in [-0.25, -0.2) is 0 Å².